The minimum atomic E-state index is -3.72. The lowest BCUT2D eigenvalue weighted by atomic mass is 9.99. The molecular formula is C16H16ClNO3S. The number of halogens is 1. The fourth-order valence-corrected chi connectivity index (χ4v) is 4.08. The van der Waals surface area contributed by atoms with Crippen LogP contribution >= 0.6 is 10.7 Å². The van der Waals surface area contributed by atoms with Gasteiger partial charge in [-0.05, 0) is 23.3 Å². The number of rotatable bonds is 3. The first-order valence-corrected chi connectivity index (χ1v) is 9.46. The molecule has 2 unspecified atom stereocenters. The Morgan fingerprint density at radius 1 is 1.18 bits per heavy atom. The molecule has 1 aliphatic heterocycles. The van der Waals surface area contributed by atoms with Crippen molar-refractivity contribution in [3.63, 3.8) is 0 Å². The van der Waals surface area contributed by atoms with Crippen LogP contribution in [-0.4, -0.2) is 31.0 Å². The average Bonchev–Trinajstić information content (AvgIpc) is 2.88. The van der Waals surface area contributed by atoms with E-state index in [-0.39, 0.29) is 24.9 Å². The number of likely N-dealkylation sites (tertiary alicyclic amines) is 1. The molecule has 0 saturated carbocycles. The molecule has 0 aliphatic carbocycles. The summed E-state index contributed by atoms with van der Waals surface area (Å²) in [6, 6.07) is 13.7. The lowest BCUT2D eigenvalue weighted by Crippen LogP contribution is -2.30. The van der Waals surface area contributed by atoms with E-state index in [4.69, 9.17) is 10.7 Å². The monoisotopic (exact) mass is 337 g/mol. The van der Waals surface area contributed by atoms with Gasteiger partial charge in [-0.25, -0.2) is 8.42 Å². The van der Waals surface area contributed by atoms with Crippen molar-refractivity contribution in [3.8, 4) is 0 Å². The van der Waals surface area contributed by atoms with E-state index in [0.717, 1.165) is 16.3 Å². The van der Waals surface area contributed by atoms with E-state index in [2.05, 4.69) is 0 Å². The van der Waals surface area contributed by atoms with Crippen LogP contribution in [0.3, 0.4) is 0 Å². The summed E-state index contributed by atoms with van der Waals surface area (Å²) in [7, 11) is 1.69. The highest BCUT2D eigenvalue weighted by Gasteiger charge is 2.39. The Labute approximate surface area is 134 Å². The zero-order chi connectivity index (χ0) is 15.9. The van der Waals surface area contributed by atoms with Gasteiger partial charge < -0.3 is 4.90 Å². The Morgan fingerprint density at radius 2 is 1.86 bits per heavy atom. The highest BCUT2D eigenvalue weighted by atomic mass is 35.7. The molecular weight excluding hydrogens is 322 g/mol. The van der Waals surface area contributed by atoms with Gasteiger partial charge in [0.25, 0.3) is 0 Å². The quantitative estimate of drug-likeness (QED) is 0.809. The van der Waals surface area contributed by atoms with Gasteiger partial charge in [0.05, 0.1) is 6.04 Å². The number of hydrogen-bond acceptors (Lipinski definition) is 3. The third-order valence-electron chi connectivity index (χ3n) is 4.26. The van der Waals surface area contributed by atoms with Gasteiger partial charge in [-0.15, -0.1) is 0 Å². The SMILES string of the molecule is CC(c1cccc2ccccc12)N1CC(S(=O)(=O)Cl)CC1=O. The highest BCUT2D eigenvalue weighted by Crippen LogP contribution is 2.32. The lowest BCUT2D eigenvalue weighted by Gasteiger charge is -2.26. The van der Waals surface area contributed by atoms with Crippen molar-refractivity contribution in [1.82, 2.24) is 4.90 Å². The second-order valence-electron chi connectivity index (χ2n) is 5.59. The van der Waals surface area contributed by atoms with Gasteiger partial charge >= 0.3 is 0 Å². The molecule has 1 saturated heterocycles. The summed E-state index contributed by atoms with van der Waals surface area (Å²) in [6.45, 7) is 2.07. The maximum absolute atomic E-state index is 12.2. The molecule has 6 heteroatoms. The minimum Gasteiger partial charge on any atom is -0.335 e. The Bertz CT molecular complexity index is 829. The molecule has 2 aromatic carbocycles. The normalized spacial score (nSPS) is 20.5. The van der Waals surface area contributed by atoms with Gasteiger partial charge in [0.15, 0.2) is 0 Å². The van der Waals surface area contributed by atoms with E-state index in [1.54, 1.807) is 4.90 Å². The molecule has 1 aliphatic rings. The van der Waals surface area contributed by atoms with E-state index in [1.165, 1.54) is 0 Å². The largest absolute Gasteiger partial charge is 0.335 e. The number of hydrogen-bond donors (Lipinski definition) is 0. The lowest BCUT2D eigenvalue weighted by molar-refractivity contribution is -0.129. The summed E-state index contributed by atoms with van der Waals surface area (Å²) in [6.07, 6.45) is -0.0407. The predicted octanol–water partition coefficient (Wildman–Crippen LogP) is 3.07. The Hall–Kier alpha value is -1.59. The fourth-order valence-electron chi connectivity index (χ4n) is 3.04. The molecule has 4 nitrogen and oxygen atoms in total. The first-order valence-electron chi connectivity index (χ1n) is 7.08. The summed E-state index contributed by atoms with van der Waals surface area (Å²) in [4.78, 5) is 13.8. The van der Waals surface area contributed by atoms with Gasteiger partial charge in [0.2, 0.25) is 15.0 Å². The molecule has 1 heterocycles. The maximum Gasteiger partial charge on any atom is 0.237 e. The molecule has 1 fully saturated rings. The van der Waals surface area contributed by atoms with E-state index in [0.29, 0.717) is 0 Å². The third-order valence-corrected chi connectivity index (χ3v) is 6.13. The van der Waals surface area contributed by atoms with Crippen LogP contribution in [0.25, 0.3) is 10.8 Å². The van der Waals surface area contributed by atoms with Crippen LogP contribution in [-0.2, 0) is 13.8 Å². The van der Waals surface area contributed by atoms with Crippen molar-refractivity contribution < 1.29 is 13.2 Å². The van der Waals surface area contributed by atoms with E-state index < -0.39 is 14.3 Å². The maximum atomic E-state index is 12.2. The molecule has 0 N–H and O–H groups in total. The number of benzene rings is 2. The molecule has 116 valence electrons. The first kappa shape index (κ1) is 15.3. The molecule has 22 heavy (non-hydrogen) atoms. The molecule has 0 bridgehead atoms. The number of fused-ring (bicyclic) bond motifs is 1. The van der Waals surface area contributed by atoms with Gasteiger partial charge in [0, 0.05) is 23.6 Å². The molecule has 2 atom stereocenters. The second-order valence-corrected chi connectivity index (χ2v) is 8.50. The summed E-state index contributed by atoms with van der Waals surface area (Å²) in [5, 5.41) is 1.35. The summed E-state index contributed by atoms with van der Waals surface area (Å²) < 4.78 is 23.0. The topological polar surface area (TPSA) is 54.5 Å². The number of nitrogens with zero attached hydrogens (tertiary/aromatic N) is 1. The smallest absolute Gasteiger partial charge is 0.237 e. The highest BCUT2D eigenvalue weighted by molar-refractivity contribution is 8.14. The van der Waals surface area contributed by atoms with Gasteiger partial charge in [-0.2, -0.15) is 0 Å². The fraction of sp³-hybridized carbons (Fsp3) is 0.312. The van der Waals surface area contributed by atoms with Crippen molar-refractivity contribution in [1.29, 1.82) is 0 Å². The van der Waals surface area contributed by atoms with Gasteiger partial charge in [-0.1, -0.05) is 42.5 Å². The molecule has 3 rings (SSSR count). The standard InChI is InChI=1S/C16H16ClNO3S/c1-11(18-10-13(9-16(18)19)22(17,20)21)14-8-4-6-12-5-2-3-7-15(12)14/h2-8,11,13H,9-10H2,1H3. The summed E-state index contributed by atoms with van der Waals surface area (Å²) in [5.41, 5.74) is 1.01. The van der Waals surface area contributed by atoms with Crippen LogP contribution < -0.4 is 0 Å². The average molecular weight is 338 g/mol. The van der Waals surface area contributed by atoms with Gasteiger partial charge in [0.1, 0.15) is 5.25 Å². The van der Waals surface area contributed by atoms with Crippen molar-refractivity contribution in [2.45, 2.75) is 24.6 Å². The minimum absolute atomic E-state index is 0.0407. The molecule has 1 amide bonds. The van der Waals surface area contributed by atoms with E-state index in [9.17, 15) is 13.2 Å². The Balaban J connectivity index is 1.97. The number of carbonyl (C=O) groups is 1. The summed E-state index contributed by atoms with van der Waals surface area (Å²) >= 11 is 0. The zero-order valence-corrected chi connectivity index (χ0v) is 13.6. The molecule has 2 aromatic rings. The van der Waals surface area contributed by atoms with E-state index >= 15 is 0 Å². The summed E-state index contributed by atoms with van der Waals surface area (Å²) in [5.74, 6) is -0.172. The van der Waals surface area contributed by atoms with Crippen LogP contribution in [0.2, 0.25) is 0 Å². The van der Waals surface area contributed by atoms with Crippen LogP contribution in [0.1, 0.15) is 24.9 Å². The van der Waals surface area contributed by atoms with Crippen molar-refractivity contribution in [3.05, 3.63) is 48.0 Å². The molecule has 0 spiro atoms. The van der Waals surface area contributed by atoms with Crippen molar-refractivity contribution in [2.24, 2.45) is 0 Å². The van der Waals surface area contributed by atoms with Gasteiger partial charge in [-0.3, -0.25) is 4.79 Å². The number of carbonyl (C=O) groups excluding carboxylic acids is 1. The van der Waals surface area contributed by atoms with E-state index in [1.807, 2.05) is 49.4 Å². The van der Waals surface area contributed by atoms with Crippen molar-refractivity contribution >= 4 is 36.4 Å². The Kier molecular flexibility index (Phi) is 3.87. The molecule has 0 aromatic heterocycles. The Morgan fingerprint density at radius 3 is 2.55 bits per heavy atom. The third kappa shape index (κ3) is 2.71. The van der Waals surface area contributed by atoms with Crippen LogP contribution in [0.5, 0.6) is 0 Å². The second kappa shape index (κ2) is 5.56. The zero-order valence-electron chi connectivity index (χ0n) is 12.1. The van der Waals surface area contributed by atoms with Crippen LogP contribution in [0, 0.1) is 0 Å². The van der Waals surface area contributed by atoms with Crippen LogP contribution in [0.4, 0.5) is 0 Å². The number of amides is 1. The molecule has 0 radical (unpaired) electrons. The first-order chi connectivity index (χ1) is 10.4. The predicted molar refractivity (Wildman–Crippen MR) is 87.3 cm³/mol. The van der Waals surface area contributed by atoms with Crippen LogP contribution in [0.15, 0.2) is 42.5 Å². The van der Waals surface area contributed by atoms with Crippen molar-refractivity contribution in [2.75, 3.05) is 6.54 Å².